The largest absolute Gasteiger partial charge is 0.454 e. The van der Waals surface area contributed by atoms with Gasteiger partial charge in [-0.2, -0.15) is 0 Å². The van der Waals surface area contributed by atoms with E-state index in [1.165, 1.54) is 0 Å². The lowest BCUT2D eigenvalue weighted by atomic mass is 10.2. The average molecular weight is 335 g/mol. The van der Waals surface area contributed by atoms with Gasteiger partial charge in [-0.05, 0) is 18.2 Å². The van der Waals surface area contributed by atoms with Crippen LogP contribution < -0.4 is 14.8 Å². The molecule has 2 heterocycles. The molecule has 1 aromatic heterocycles. The van der Waals surface area contributed by atoms with Crippen LogP contribution in [-0.2, 0) is 6.42 Å². The normalized spacial score (nSPS) is 12.2. The van der Waals surface area contributed by atoms with E-state index in [2.05, 4.69) is 15.3 Å². The number of imidazole rings is 1. The number of carbonyl (C=O) groups is 1. The number of hydrogen-bond acceptors (Lipinski definition) is 4. The predicted octanol–water partition coefficient (Wildman–Crippen LogP) is 2.78. The number of nitrogens with one attached hydrogen (secondary N) is 2. The molecule has 25 heavy (non-hydrogen) atoms. The van der Waals surface area contributed by atoms with Gasteiger partial charge in [0, 0.05) is 36.0 Å². The van der Waals surface area contributed by atoms with Crippen LogP contribution in [0.25, 0.3) is 11.4 Å². The molecule has 3 aromatic rings. The fourth-order valence-corrected chi connectivity index (χ4v) is 2.68. The summed E-state index contributed by atoms with van der Waals surface area (Å²) in [5.74, 6) is 1.97. The van der Waals surface area contributed by atoms with E-state index in [9.17, 15) is 4.79 Å². The quantitative estimate of drug-likeness (QED) is 0.752. The third-order valence-electron chi connectivity index (χ3n) is 3.99. The molecule has 0 saturated heterocycles. The molecule has 1 amide bonds. The first kappa shape index (κ1) is 15.3. The topological polar surface area (TPSA) is 76.2 Å². The van der Waals surface area contributed by atoms with Gasteiger partial charge in [-0.1, -0.05) is 30.3 Å². The highest BCUT2D eigenvalue weighted by molar-refractivity contribution is 5.94. The van der Waals surface area contributed by atoms with Crippen LogP contribution in [-0.4, -0.2) is 29.2 Å². The zero-order valence-electron chi connectivity index (χ0n) is 13.5. The Labute approximate surface area is 144 Å². The Morgan fingerprint density at radius 3 is 2.84 bits per heavy atom. The molecule has 126 valence electrons. The number of aromatic nitrogens is 2. The smallest absolute Gasteiger partial charge is 0.251 e. The summed E-state index contributed by atoms with van der Waals surface area (Å²) < 4.78 is 10.5. The summed E-state index contributed by atoms with van der Waals surface area (Å²) >= 11 is 0. The molecule has 0 fully saturated rings. The molecular weight excluding hydrogens is 318 g/mol. The number of ether oxygens (including phenoxy) is 2. The van der Waals surface area contributed by atoms with Gasteiger partial charge < -0.3 is 19.8 Å². The number of aromatic amines is 1. The number of nitrogens with zero attached hydrogens (tertiary/aromatic N) is 1. The van der Waals surface area contributed by atoms with Gasteiger partial charge in [0.2, 0.25) is 6.79 Å². The second kappa shape index (κ2) is 6.68. The molecule has 6 heteroatoms. The molecule has 0 saturated carbocycles. The van der Waals surface area contributed by atoms with Gasteiger partial charge in [-0.3, -0.25) is 4.79 Å². The third kappa shape index (κ3) is 3.33. The number of carbonyl (C=O) groups excluding carboxylic acids is 1. The molecule has 0 radical (unpaired) electrons. The van der Waals surface area contributed by atoms with Crippen LogP contribution in [0.4, 0.5) is 0 Å². The molecule has 0 aliphatic carbocycles. The van der Waals surface area contributed by atoms with Crippen molar-refractivity contribution < 1.29 is 14.3 Å². The minimum Gasteiger partial charge on any atom is -0.454 e. The van der Waals surface area contributed by atoms with Crippen molar-refractivity contribution in [2.45, 2.75) is 6.42 Å². The predicted molar refractivity (Wildman–Crippen MR) is 92.6 cm³/mol. The molecular formula is C19H17N3O3. The minimum atomic E-state index is -0.138. The van der Waals surface area contributed by atoms with Crippen molar-refractivity contribution in [2.75, 3.05) is 13.3 Å². The van der Waals surface area contributed by atoms with E-state index in [0.29, 0.717) is 30.0 Å². The number of amides is 1. The lowest BCUT2D eigenvalue weighted by Gasteiger charge is -2.05. The summed E-state index contributed by atoms with van der Waals surface area (Å²) in [5.41, 5.74) is 2.57. The number of rotatable bonds is 5. The maximum absolute atomic E-state index is 12.2. The van der Waals surface area contributed by atoms with Gasteiger partial charge in [0.05, 0.1) is 0 Å². The van der Waals surface area contributed by atoms with E-state index < -0.39 is 0 Å². The van der Waals surface area contributed by atoms with Crippen LogP contribution in [0, 0.1) is 0 Å². The van der Waals surface area contributed by atoms with Crippen LogP contribution in [0.1, 0.15) is 16.1 Å². The monoisotopic (exact) mass is 335 g/mol. The van der Waals surface area contributed by atoms with Crippen molar-refractivity contribution in [3.63, 3.8) is 0 Å². The van der Waals surface area contributed by atoms with E-state index in [1.54, 1.807) is 24.4 Å². The first-order valence-corrected chi connectivity index (χ1v) is 8.07. The zero-order valence-corrected chi connectivity index (χ0v) is 13.5. The Kier molecular flexibility index (Phi) is 4.08. The molecule has 4 rings (SSSR count). The molecule has 0 atom stereocenters. The SMILES string of the molecule is O=C(NCCc1cnc(-c2ccccc2)[nH]1)c1ccc2c(c1)OCO2. The van der Waals surface area contributed by atoms with Crippen molar-refractivity contribution in [3.8, 4) is 22.9 Å². The maximum Gasteiger partial charge on any atom is 0.251 e. The van der Waals surface area contributed by atoms with E-state index in [1.807, 2.05) is 30.3 Å². The van der Waals surface area contributed by atoms with E-state index in [-0.39, 0.29) is 12.7 Å². The van der Waals surface area contributed by atoms with Gasteiger partial charge >= 0.3 is 0 Å². The van der Waals surface area contributed by atoms with Crippen LogP contribution in [0.3, 0.4) is 0 Å². The highest BCUT2D eigenvalue weighted by Gasteiger charge is 2.16. The molecule has 1 aliphatic heterocycles. The number of hydrogen-bond donors (Lipinski definition) is 2. The van der Waals surface area contributed by atoms with Crippen molar-refractivity contribution >= 4 is 5.91 Å². The van der Waals surface area contributed by atoms with Crippen LogP contribution in [0.5, 0.6) is 11.5 Å². The van der Waals surface area contributed by atoms with Crippen molar-refractivity contribution in [3.05, 3.63) is 66.0 Å². The van der Waals surface area contributed by atoms with Crippen LogP contribution >= 0.6 is 0 Å². The first-order valence-electron chi connectivity index (χ1n) is 8.07. The summed E-state index contributed by atoms with van der Waals surface area (Å²) in [7, 11) is 0. The van der Waals surface area contributed by atoms with Crippen molar-refractivity contribution in [2.24, 2.45) is 0 Å². The van der Waals surface area contributed by atoms with Gasteiger partial charge in [0.15, 0.2) is 11.5 Å². The number of fused-ring (bicyclic) bond motifs is 1. The Hall–Kier alpha value is -3.28. The molecule has 1 aliphatic rings. The Balaban J connectivity index is 1.33. The summed E-state index contributed by atoms with van der Waals surface area (Å²) in [6.45, 7) is 0.716. The van der Waals surface area contributed by atoms with Gasteiger partial charge in [0.25, 0.3) is 5.91 Å². The fraction of sp³-hybridized carbons (Fsp3) is 0.158. The Bertz CT molecular complexity index is 890. The van der Waals surface area contributed by atoms with Crippen molar-refractivity contribution in [1.29, 1.82) is 0 Å². The molecule has 2 N–H and O–H groups in total. The summed E-state index contributed by atoms with van der Waals surface area (Å²) in [4.78, 5) is 19.9. The van der Waals surface area contributed by atoms with Crippen molar-refractivity contribution in [1.82, 2.24) is 15.3 Å². The lowest BCUT2D eigenvalue weighted by Crippen LogP contribution is -2.25. The Morgan fingerprint density at radius 2 is 1.96 bits per heavy atom. The summed E-state index contributed by atoms with van der Waals surface area (Å²) in [6.07, 6.45) is 2.48. The summed E-state index contributed by atoms with van der Waals surface area (Å²) in [5, 5.41) is 2.90. The van der Waals surface area contributed by atoms with Crippen LogP contribution in [0.2, 0.25) is 0 Å². The molecule has 6 nitrogen and oxygen atoms in total. The highest BCUT2D eigenvalue weighted by atomic mass is 16.7. The molecule has 0 spiro atoms. The minimum absolute atomic E-state index is 0.138. The summed E-state index contributed by atoms with van der Waals surface area (Å²) in [6, 6.07) is 15.1. The zero-order chi connectivity index (χ0) is 17.1. The number of benzene rings is 2. The lowest BCUT2D eigenvalue weighted by molar-refractivity contribution is 0.0953. The fourth-order valence-electron chi connectivity index (χ4n) is 2.68. The average Bonchev–Trinajstić information content (AvgIpc) is 3.31. The number of H-pyrrole nitrogens is 1. The first-order chi connectivity index (χ1) is 12.3. The van der Waals surface area contributed by atoms with Crippen LogP contribution in [0.15, 0.2) is 54.7 Å². The van der Waals surface area contributed by atoms with E-state index in [0.717, 1.165) is 17.1 Å². The molecule has 0 bridgehead atoms. The molecule has 0 unspecified atom stereocenters. The van der Waals surface area contributed by atoms with E-state index >= 15 is 0 Å². The van der Waals surface area contributed by atoms with Gasteiger partial charge in [-0.15, -0.1) is 0 Å². The second-order valence-corrected chi connectivity index (χ2v) is 5.70. The van der Waals surface area contributed by atoms with Gasteiger partial charge in [0.1, 0.15) is 5.82 Å². The highest BCUT2D eigenvalue weighted by Crippen LogP contribution is 2.32. The van der Waals surface area contributed by atoms with E-state index in [4.69, 9.17) is 9.47 Å². The molecule has 2 aromatic carbocycles. The third-order valence-corrected chi connectivity index (χ3v) is 3.99. The van der Waals surface area contributed by atoms with Gasteiger partial charge in [-0.25, -0.2) is 4.98 Å². The second-order valence-electron chi connectivity index (χ2n) is 5.70. The maximum atomic E-state index is 12.2. The standard InChI is InChI=1S/C19H17N3O3/c23-19(14-6-7-16-17(10-14)25-12-24-16)20-9-8-15-11-21-18(22-15)13-4-2-1-3-5-13/h1-7,10-11H,8-9,12H2,(H,20,23)(H,21,22). The Morgan fingerprint density at radius 1 is 1.12 bits per heavy atom.